The molecule has 3 aliphatic heterocycles. The quantitative estimate of drug-likeness (QED) is 0.542. The molecule has 8 heteroatoms. The smallest absolute Gasteiger partial charge is 0.410 e. The molecule has 1 spiro atoms. The van der Waals surface area contributed by atoms with Crippen molar-refractivity contribution in [2.45, 2.75) is 77.2 Å². The van der Waals surface area contributed by atoms with Crippen LogP contribution in [0.3, 0.4) is 0 Å². The lowest BCUT2D eigenvalue weighted by Crippen LogP contribution is -2.47. The zero-order chi connectivity index (χ0) is 26.9. The molecule has 3 heterocycles. The summed E-state index contributed by atoms with van der Waals surface area (Å²) in [7, 11) is 1.74. The van der Waals surface area contributed by atoms with Gasteiger partial charge in [0.1, 0.15) is 5.60 Å². The van der Waals surface area contributed by atoms with Crippen molar-refractivity contribution in [3.8, 4) is 0 Å². The van der Waals surface area contributed by atoms with Crippen LogP contribution in [0.4, 0.5) is 4.79 Å². The maximum Gasteiger partial charge on any atom is 0.410 e. The third-order valence-electron chi connectivity index (χ3n) is 8.64. The zero-order valence-electron chi connectivity index (χ0n) is 22.7. The number of ether oxygens (including phenoxy) is 2. The summed E-state index contributed by atoms with van der Waals surface area (Å²) in [5, 5.41) is 9.37. The Labute approximate surface area is 225 Å². The molecule has 38 heavy (non-hydrogen) atoms. The summed E-state index contributed by atoms with van der Waals surface area (Å²) < 4.78 is 11.5. The fourth-order valence-electron chi connectivity index (χ4n) is 6.38. The highest BCUT2D eigenvalue weighted by Crippen LogP contribution is 2.38. The Morgan fingerprint density at radius 1 is 1.26 bits per heavy atom. The standard InChI is InChI=1S/C30H39N3O5/c1-20-14-25(7-9-26(20)28(34)35)33-19-30(38-29(33)36)10-12-32(13-11-30)17-22-5-8-27(24(15-22)18-37-3)23-6-4-21(2)31-16-23/h5,8-9,15-16,20,25H,4,6-7,10-14,17-19H2,1-3H3,(H,34,35). The Bertz CT molecular complexity index is 1180. The molecular weight excluding hydrogens is 482 g/mol. The minimum atomic E-state index is -0.858. The predicted molar refractivity (Wildman–Crippen MR) is 146 cm³/mol. The van der Waals surface area contributed by atoms with E-state index < -0.39 is 11.6 Å². The Balaban J connectivity index is 1.20. The molecule has 1 aromatic carbocycles. The molecule has 2 unspecified atom stereocenters. The largest absolute Gasteiger partial charge is 0.478 e. The number of carbonyl (C=O) groups is 2. The minimum absolute atomic E-state index is 0.00427. The molecule has 2 atom stereocenters. The van der Waals surface area contributed by atoms with E-state index in [-0.39, 0.29) is 18.1 Å². The summed E-state index contributed by atoms with van der Waals surface area (Å²) in [6.45, 7) is 7.75. The number of piperidine rings is 1. The first-order valence-corrected chi connectivity index (χ1v) is 13.8. The van der Waals surface area contributed by atoms with Gasteiger partial charge in [0, 0.05) is 63.1 Å². The molecule has 1 aliphatic carbocycles. The van der Waals surface area contributed by atoms with Gasteiger partial charge >= 0.3 is 12.1 Å². The number of benzene rings is 1. The minimum Gasteiger partial charge on any atom is -0.478 e. The van der Waals surface area contributed by atoms with Gasteiger partial charge in [-0.25, -0.2) is 9.59 Å². The number of amides is 1. The SMILES string of the molecule is COCc1cc(CN2CCC3(CC2)CN(C2CC=C(C(=O)O)C(C)C2)C(=O)O3)ccc1C1=CN=C(C)CC1. The van der Waals surface area contributed by atoms with E-state index in [4.69, 9.17) is 9.47 Å². The second-order valence-electron chi connectivity index (χ2n) is 11.4. The van der Waals surface area contributed by atoms with Crippen LogP contribution in [0.5, 0.6) is 0 Å². The van der Waals surface area contributed by atoms with Crippen LogP contribution in [0.15, 0.2) is 41.0 Å². The fraction of sp³-hybridized carbons (Fsp3) is 0.567. The number of nitrogens with zero attached hydrogens (tertiary/aromatic N) is 3. The lowest BCUT2D eigenvalue weighted by Gasteiger charge is -2.38. The Kier molecular flexibility index (Phi) is 7.73. The van der Waals surface area contributed by atoms with Crippen molar-refractivity contribution in [1.82, 2.24) is 9.80 Å². The van der Waals surface area contributed by atoms with Crippen LogP contribution in [0.1, 0.15) is 69.1 Å². The molecular formula is C30H39N3O5. The number of carboxylic acids is 1. The van der Waals surface area contributed by atoms with Gasteiger partial charge in [-0.15, -0.1) is 0 Å². The van der Waals surface area contributed by atoms with Crippen molar-refractivity contribution in [3.63, 3.8) is 0 Å². The number of allylic oxidation sites excluding steroid dienone is 1. The Morgan fingerprint density at radius 3 is 2.71 bits per heavy atom. The van der Waals surface area contributed by atoms with E-state index in [1.54, 1.807) is 13.2 Å². The second-order valence-corrected chi connectivity index (χ2v) is 11.4. The van der Waals surface area contributed by atoms with E-state index in [1.807, 2.05) is 18.0 Å². The maximum absolute atomic E-state index is 12.8. The fourth-order valence-corrected chi connectivity index (χ4v) is 6.38. The highest BCUT2D eigenvalue weighted by Gasteiger charge is 2.49. The lowest BCUT2D eigenvalue weighted by atomic mass is 9.84. The van der Waals surface area contributed by atoms with Crippen molar-refractivity contribution in [1.29, 1.82) is 0 Å². The normalized spacial score (nSPS) is 25.6. The molecule has 0 saturated carbocycles. The van der Waals surface area contributed by atoms with Gasteiger partial charge in [0.15, 0.2) is 0 Å². The number of hydrogen-bond acceptors (Lipinski definition) is 6. The van der Waals surface area contributed by atoms with Gasteiger partial charge < -0.3 is 19.5 Å². The summed E-state index contributed by atoms with van der Waals surface area (Å²) in [5.41, 5.74) is 6.14. The highest BCUT2D eigenvalue weighted by molar-refractivity contribution is 5.88. The van der Waals surface area contributed by atoms with Crippen LogP contribution in [0, 0.1) is 5.92 Å². The van der Waals surface area contributed by atoms with Gasteiger partial charge in [0.05, 0.1) is 13.2 Å². The number of aliphatic imine (C=N–C) groups is 1. The molecule has 2 fully saturated rings. The second kappa shape index (κ2) is 11.0. The third-order valence-corrected chi connectivity index (χ3v) is 8.64. The average molecular weight is 522 g/mol. The third kappa shape index (κ3) is 5.57. The molecule has 0 radical (unpaired) electrons. The van der Waals surface area contributed by atoms with Crippen molar-refractivity contribution in [2.24, 2.45) is 10.9 Å². The molecule has 5 rings (SSSR count). The first kappa shape index (κ1) is 26.6. The Hall–Kier alpha value is -2.97. The van der Waals surface area contributed by atoms with E-state index in [9.17, 15) is 14.7 Å². The topological polar surface area (TPSA) is 91.7 Å². The molecule has 1 N–H and O–H groups in total. The molecule has 8 nitrogen and oxygen atoms in total. The lowest BCUT2D eigenvalue weighted by molar-refractivity contribution is -0.133. The van der Waals surface area contributed by atoms with Crippen molar-refractivity contribution in [2.75, 3.05) is 26.7 Å². The Morgan fingerprint density at radius 2 is 2.05 bits per heavy atom. The number of likely N-dealkylation sites (tertiary alicyclic amines) is 1. The van der Waals surface area contributed by atoms with Gasteiger partial charge in [-0.3, -0.25) is 9.89 Å². The summed E-state index contributed by atoms with van der Waals surface area (Å²) in [6.07, 6.45) is 8.39. The van der Waals surface area contributed by atoms with Crippen molar-refractivity contribution >= 4 is 23.3 Å². The summed E-state index contributed by atoms with van der Waals surface area (Å²) >= 11 is 0. The number of carbonyl (C=O) groups excluding carboxylic acids is 1. The molecule has 1 amide bonds. The molecule has 1 aromatic rings. The number of methoxy groups -OCH3 is 1. The number of rotatable bonds is 7. The van der Waals surface area contributed by atoms with E-state index in [2.05, 4.69) is 35.0 Å². The molecule has 0 aromatic heterocycles. The van der Waals surface area contributed by atoms with Crippen LogP contribution in [0.25, 0.3) is 5.57 Å². The van der Waals surface area contributed by atoms with Crippen molar-refractivity contribution in [3.05, 3.63) is 52.7 Å². The summed E-state index contributed by atoms with van der Waals surface area (Å²) in [5.74, 6) is -0.929. The van der Waals surface area contributed by atoms with Gasteiger partial charge in [0.25, 0.3) is 0 Å². The van der Waals surface area contributed by atoms with Crippen LogP contribution < -0.4 is 0 Å². The van der Waals surface area contributed by atoms with Crippen LogP contribution in [0.2, 0.25) is 0 Å². The van der Waals surface area contributed by atoms with Crippen LogP contribution in [-0.4, -0.2) is 71.1 Å². The number of carboxylic acid groups (broad SMARTS) is 1. The first-order valence-electron chi connectivity index (χ1n) is 13.8. The van der Waals surface area contributed by atoms with Gasteiger partial charge in [-0.05, 0) is 60.8 Å². The average Bonchev–Trinajstić information content (AvgIpc) is 3.22. The molecule has 2 saturated heterocycles. The van der Waals surface area contributed by atoms with Crippen LogP contribution in [-0.2, 0) is 27.4 Å². The number of hydrogen-bond donors (Lipinski definition) is 1. The van der Waals surface area contributed by atoms with Crippen molar-refractivity contribution < 1.29 is 24.2 Å². The predicted octanol–water partition coefficient (Wildman–Crippen LogP) is 5.02. The van der Waals surface area contributed by atoms with E-state index >= 15 is 0 Å². The summed E-state index contributed by atoms with van der Waals surface area (Å²) in [4.78, 5) is 33.1. The highest BCUT2D eigenvalue weighted by atomic mass is 16.6. The monoisotopic (exact) mass is 521 g/mol. The van der Waals surface area contributed by atoms with Gasteiger partial charge in [0.2, 0.25) is 0 Å². The molecule has 4 aliphatic rings. The maximum atomic E-state index is 12.8. The zero-order valence-corrected chi connectivity index (χ0v) is 22.7. The van der Waals surface area contributed by atoms with Crippen LogP contribution >= 0.6 is 0 Å². The number of aliphatic carboxylic acids is 1. The van der Waals surface area contributed by atoms with Gasteiger partial charge in [-0.2, -0.15) is 0 Å². The summed E-state index contributed by atoms with van der Waals surface area (Å²) in [6, 6.07) is 6.69. The molecule has 0 bridgehead atoms. The van der Waals surface area contributed by atoms with Gasteiger partial charge in [-0.1, -0.05) is 31.2 Å². The molecule has 204 valence electrons. The van der Waals surface area contributed by atoms with E-state index in [0.717, 1.165) is 45.3 Å². The first-order chi connectivity index (χ1) is 18.3. The van der Waals surface area contributed by atoms with E-state index in [0.29, 0.717) is 31.6 Å². The van der Waals surface area contributed by atoms with E-state index in [1.165, 1.54) is 28.0 Å².